The first-order valence-electron chi connectivity index (χ1n) is 4.38. The molecule has 4 heteroatoms. The molecule has 0 saturated heterocycles. The smallest absolute Gasteiger partial charge is 0.226 e. The van der Waals surface area contributed by atoms with E-state index in [2.05, 4.69) is 5.32 Å². The number of hydrogen-bond acceptors (Lipinski definition) is 3. The van der Waals surface area contributed by atoms with E-state index < -0.39 is 0 Å². The maximum atomic E-state index is 11.3. The lowest BCUT2D eigenvalue weighted by atomic mass is 10.4. The van der Waals surface area contributed by atoms with Gasteiger partial charge in [0.1, 0.15) is 0 Å². The second-order valence-electron chi connectivity index (χ2n) is 3.09. The summed E-state index contributed by atoms with van der Waals surface area (Å²) in [6.07, 6.45) is 2.54. The monoisotopic (exact) mass is 180 g/mol. The average molecular weight is 180 g/mol. The summed E-state index contributed by atoms with van der Waals surface area (Å²) in [6.45, 7) is 3.16. The predicted octanol–water partition coefficient (Wildman–Crippen LogP) is 1.45. The normalized spacial score (nSPS) is 15.9. The Morgan fingerprint density at radius 1 is 1.69 bits per heavy atom. The van der Waals surface area contributed by atoms with Gasteiger partial charge in [-0.15, -0.1) is 0 Å². The molecule has 0 aliphatic carbocycles. The Hall–Kier alpha value is -1.45. The fourth-order valence-electron chi connectivity index (χ4n) is 1.51. The van der Waals surface area contributed by atoms with Crippen LogP contribution < -0.4 is 10.2 Å². The number of anilines is 2. The van der Waals surface area contributed by atoms with Gasteiger partial charge in [-0.05, 0) is 6.42 Å². The number of amides is 1. The van der Waals surface area contributed by atoms with E-state index in [1.54, 1.807) is 18.1 Å². The molecule has 13 heavy (non-hydrogen) atoms. The Morgan fingerprint density at radius 3 is 3.31 bits per heavy atom. The highest BCUT2D eigenvalue weighted by Crippen LogP contribution is 2.29. The van der Waals surface area contributed by atoms with Crippen LogP contribution in [0.5, 0.6) is 0 Å². The average Bonchev–Trinajstić information content (AvgIpc) is 2.44. The zero-order valence-electron chi connectivity index (χ0n) is 7.54. The second kappa shape index (κ2) is 3.12. The van der Waals surface area contributed by atoms with Crippen LogP contribution in [0, 0.1) is 0 Å². The summed E-state index contributed by atoms with van der Waals surface area (Å²) in [5.74, 6) is 0.671. The number of hydrogen-bond donors (Lipinski definition) is 1. The third-order valence-electron chi connectivity index (χ3n) is 2.14. The fraction of sp³-hybridized carbons (Fsp3) is 0.444. The van der Waals surface area contributed by atoms with Crippen molar-refractivity contribution in [1.82, 2.24) is 0 Å². The van der Waals surface area contributed by atoms with E-state index in [0.717, 1.165) is 25.2 Å². The van der Waals surface area contributed by atoms with Crippen molar-refractivity contribution in [1.29, 1.82) is 0 Å². The summed E-state index contributed by atoms with van der Waals surface area (Å²) in [6, 6.07) is 1.84. The number of nitrogens with zero attached hydrogens (tertiary/aromatic N) is 1. The first kappa shape index (κ1) is 8.16. The molecule has 0 saturated carbocycles. The lowest BCUT2D eigenvalue weighted by Gasteiger charge is -2.15. The Kier molecular flexibility index (Phi) is 1.96. The maximum Gasteiger partial charge on any atom is 0.226 e. The topological polar surface area (TPSA) is 45.5 Å². The van der Waals surface area contributed by atoms with Gasteiger partial charge < -0.3 is 9.73 Å². The molecule has 1 amide bonds. The van der Waals surface area contributed by atoms with E-state index in [-0.39, 0.29) is 5.91 Å². The minimum Gasteiger partial charge on any atom is -0.446 e. The summed E-state index contributed by atoms with van der Waals surface area (Å²) in [5, 5.41) is 3.20. The molecule has 4 nitrogen and oxygen atoms in total. The molecule has 0 bridgehead atoms. The molecule has 70 valence electrons. The van der Waals surface area contributed by atoms with Crippen molar-refractivity contribution in [2.45, 2.75) is 13.3 Å². The Bertz CT molecular complexity index is 319. The van der Waals surface area contributed by atoms with Gasteiger partial charge in [0.05, 0.1) is 12.0 Å². The van der Waals surface area contributed by atoms with E-state index in [0.29, 0.717) is 5.88 Å². The standard InChI is InChI=1S/C9H12N2O2/c1-7(12)11-5-2-4-10-8-3-6-13-9(8)11/h3,6,10H,2,4-5H2,1H3. The molecule has 0 spiro atoms. The quantitative estimate of drug-likeness (QED) is 0.657. The van der Waals surface area contributed by atoms with E-state index in [1.807, 2.05) is 6.07 Å². The molecule has 2 rings (SSSR count). The molecular weight excluding hydrogens is 168 g/mol. The van der Waals surface area contributed by atoms with Crippen LogP contribution in [-0.2, 0) is 4.79 Å². The molecule has 1 aromatic rings. The van der Waals surface area contributed by atoms with Crippen LogP contribution in [0.4, 0.5) is 11.6 Å². The highest BCUT2D eigenvalue weighted by molar-refractivity contribution is 5.93. The molecule has 1 aliphatic rings. The lowest BCUT2D eigenvalue weighted by Crippen LogP contribution is -2.28. The molecule has 1 aliphatic heterocycles. The van der Waals surface area contributed by atoms with Crippen LogP contribution in [0.3, 0.4) is 0 Å². The van der Waals surface area contributed by atoms with Crippen LogP contribution in [-0.4, -0.2) is 19.0 Å². The van der Waals surface area contributed by atoms with Gasteiger partial charge in [-0.25, -0.2) is 0 Å². The molecular formula is C9H12N2O2. The lowest BCUT2D eigenvalue weighted by molar-refractivity contribution is -0.116. The van der Waals surface area contributed by atoms with Crippen LogP contribution >= 0.6 is 0 Å². The molecule has 0 aromatic carbocycles. The van der Waals surface area contributed by atoms with Crippen LogP contribution in [0.15, 0.2) is 16.7 Å². The van der Waals surface area contributed by atoms with Crippen molar-refractivity contribution in [3.63, 3.8) is 0 Å². The van der Waals surface area contributed by atoms with Gasteiger partial charge in [0.15, 0.2) is 0 Å². The predicted molar refractivity (Wildman–Crippen MR) is 49.8 cm³/mol. The van der Waals surface area contributed by atoms with Crippen LogP contribution in [0.2, 0.25) is 0 Å². The Morgan fingerprint density at radius 2 is 2.54 bits per heavy atom. The van der Waals surface area contributed by atoms with Crippen LogP contribution in [0.25, 0.3) is 0 Å². The van der Waals surface area contributed by atoms with E-state index in [9.17, 15) is 4.79 Å². The first-order valence-corrected chi connectivity index (χ1v) is 4.38. The number of furan rings is 1. The zero-order valence-corrected chi connectivity index (χ0v) is 7.54. The molecule has 0 atom stereocenters. The van der Waals surface area contributed by atoms with Gasteiger partial charge in [0.2, 0.25) is 11.8 Å². The first-order chi connectivity index (χ1) is 6.29. The van der Waals surface area contributed by atoms with Gasteiger partial charge >= 0.3 is 0 Å². The number of fused-ring (bicyclic) bond motifs is 1. The summed E-state index contributed by atoms with van der Waals surface area (Å²) in [7, 11) is 0. The summed E-state index contributed by atoms with van der Waals surface area (Å²) in [5.41, 5.74) is 0.910. The zero-order chi connectivity index (χ0) is 9.26. The highest BCUT2D eigenvalue weighted by atomic mass is 16.3. The largest absolute Gasteiger partial charge is 0.446 e. The number of nitrogens with one attached hydrogen (secondary N) is 1. The molecule has 1 aromatic heterocycles. The van der Waals surface area contributed by atoms with Crippen molar-refractivity contribution in [2.24, 2.45) is 0 Å². The third-order valence-corrected chi connectivity index (χ3v) is 2.14. The SMILES string of the molecule is CC(=O)N1CCCNc2ccoc21. The van der Waals surface area contributed by atoms with Gasteiger partial charge in [0.25, 0.3) is 0 Å². The van der Waals surface area contributed by atoms with Crippen molar-refractivity contribution >= 4 is 17.5 Å². The minimum absolute atomic E-state index is 0.0277. The van der Waals surface area contributed by atoms with Crippen molar-refractivity contribution < 1.29 is 9.21 Å². The van der Waals surface area contributed by atoms with Crippen molar-refractivity contribution in [2.75, 3.05) is 23.3 Å². The summed E-state index contributed by atoms with van der Waals surface area (Å²) in [4.78, 5) is 12.9. The fourth-order valence-corrected chi connectivity index (χ4v) is 1.51. The maximum absolute atomic E-state index is 11.3. The number of carbonyl (C=O) groups excluding carboxylic acids is 1. The number of rotatable bonds is 0. The van der Waals surface area contributed by atoms with Gasteiger partial charge in [0, 0.05) is 26.1 Å². The second-order valence-corrected chi connectivity index (χ2v) is 3.09. The number of carbonyl (C=O) groups is 1. The molecule has 2 heterocycles. The molecule has 0 fully saturated rings. The molecule has 0 radical (unpaired) electrons. The van der Waals surface area contributed by atoms with Gasteiger partial charge in [-0.3, -0.25) is 9.69 Å². The summed E-state index contributed by atoms with van der Waals surface area (Å²) >= 11 is 0. The van der Waals surface area contributed by atoms with Gasteiger partial charge in [-0.1, -0.05) is 0 Å². The van der Waals surface area contributed by atoms with E-state index >= 15 is 0 Å². The van der Waals surface area contributed by atoms with E-state index in [1.165, 1.54) is 0 Å². The third kappa shape index (κ3) is 1.39. The highest BCUT2D eigenvalue weighted by Gasteiger charge is 2.20. The minimum atomic E-state index is 0.0277. The molecule has 1 N–H and O–H groups in total. The van der Waals surface area contributed by atoms with Gasteiger partial charge in [-0.2, -0.15) is 0 Å². The Labute approximate surface area is 76.5 Å². The molecule has 0 unspecified atom stereocenters. The Balaban J connectivity index is 2.36. The van der Waals surface area contributed by atoms with Crippen LogP contribution in [0.1, 0.15) is 13.3 Å². The van der Waals surface area contributed by atoms with Crippen molar-refractivity contribution in [3.05, 3.63) is 12.3 Å². The summed E-state index contributed by atoms with van der Waals surface area (Å²) < 4.78 is 5.25. The van der Waals surface area contributed by atoms with Crippen molar-refractivity contribution in [3.8, 4) is 0 Å². The van der Waals surface area contributed by atoms with E-state index in [4.69, 9.17) is 4.42 Å².